The van der Waals surface area contributed by atoms with Crippen LogP contribution in [0.4, 0.5) is 38.5 Å². The van der Waals surface area contributed by atoms with Crippen LogP contribution in [0.5, 0.6) is 0 Å². The van der Waals surface area contributed by atoms with E-state index >= 15 is 4.39 Å². The predicted octanol–water partition coefficient (Wildman–Crippen LogP) is 13.0. The lowest BCUT2D eigenvalue weighted by atomic mass is 10.1. The third kappa shape index (κ3) is 4.63. The maximum atomic E-state index is 16.6. The van der Waals surface area contributed by atoms with Crippen molar-refractivity contribution in [3.05, 3.63) is 170 Å². The molecule has 0 unspecified atom stereocenters. The second-order valence-electron chi connectivity index (χ2n) is 11.5. The molecule has 5 heteroatoms. The van der Waals surface area contributed by atoms with E-state index in [0.717, 1.165) is 39.2 Å². The van der Waals surface area contributed by atoms with Crippen molar-refractivity contribution in [3.63, 3.8) is 0 Å². The first kappa shape index (κ1) is 27.4. The van der Waals surface area contributed by atoms with Crippen molar-refractivity contribution in [2.24, 2.45) is 0 Å². The lowest BCUT2D eigenvalue weighted by molar-refractivity contribution is 0.634. The molecule has 0 saturated heterocycles. The van der Waals surface area contributed by atoms with E-state index in [1.165, 1.54) is 14.8 Å². The van der Waals surface area contributed by atoms with E-state index in [9.17, 15) is 0 Å². The maximum absolute atomic E-state index is 16.6. The molecular formula is C42H27FN2OS. The van der Waals surface area contributed by atoms with Crippen LogP contribution in [0.1, 0.15) is 0 Å². The van der Waals surface area contributed by atoms with Gasteiger partial charge in [0.2, 0.25) is 0 Å². The summed E-state index contributed by atoms with van der Waals surface area (Å²) in [7, 11) is 0. The summed E-state index contributed by atoms with van der Waals surface area (Å²) in [5.74, 6) is -0.331. The molecule has 9 rings (SSSR count). The second-order valence-corrected chi connectivity index (χ2v) is 12.6. The number of hydrogen-bond acceptors (Lipinski definition) is 4. The molecular weight excluding hydrogens is 600 g/mol. The molecule has 0 aliphatic rings. The summed E-state index contributed by atoms with van der Waals surface area (Å²) in [6.07, 6.45) is 0. The number of para-hydroxylation sites is 3. The minimum Gasteiger partial charge on any atom is -0.456 e. The topological polar surface area (TPSA) is 19.6 Å². The Kier molecular flexibility index (Phi) is 6.51. The highest BCUT2D eigenvalue weighted by Gasteiger charge is 2.22. The summed E-state index contributed by atoms with van der Waals surface area (Å²) >= 11 is 1.77. The molecule has 0 spiro atoms. The van der Waals surface area contributed by atoms with Crippen molar-refractivity contribution in [2.75, 3.05) is 9.80 Å². The SMILES string of the molecule is Fc1cc(N(c2ccccc2)c2cccc3sc4ccccc4c23)cc2oc3ccc(N(c4ccccc4)c4ccccc4)cc3c12. The summed E-state index contributed by atoms with van der Waals surface area (Å²) in [5, 5.41) is 3.53. The first-order valence-electron chi connectivity index (χ1n) is 15.5. The van der Waals surface area contributed by atoms with Crippen LogP contribution in [-0.2, 0) is 0 Å². The van der Waals surface area contributed by atoms with Crippen LogP contribution in [0.25, 0.3) is 42.1 Å². The zero-order valence-corrected chi connectivity index (χ0v) is 26.0. The van der Waals surface area contributed by atoms with Crippen molar-refractivity contribution >= 4 is 87.6 Å². The van der Waals surface area contributed by atoms with Gasteiger partial charge in [-0.3, -0.25) is 0 Å². The van der Waals surface area contributed by atoms with Gasteiger partial charge < -0.3 is 14.2 Å². The van der Waals surface area contributed by atoms with Gasteiger partial charge in [0.15, 0.2) is 0 Å². The van der Waals surface area contributed by atoms with E-state index in [-0.39, 0.29) is 5.82 Å². The third-order valence-electron chi connectivity index (χ3n) is 8.67. The Labute approximate surface area is 275 Å². The predicted molar refractivity (Wildman–Crippen MR) is 196 cm³/mol. The number of benzene rings is 7. The molecule has 0 bridgehead atoms. The van der Waals surface area contributed by atoms with E-state index < -0.39 is 0 Å². The quantitative estimate of drug-likeness (QED) is 0.183. The molecule has 0 radical (unpaired) electrons. The molecule has 0 N–H and O–H groups in total. The van der Waals surface area contributed by atoms with Gasteiger partial charge in [-0.05, 0) is 78.9 Å². The first-order chi connectivity index (χ1) is 23.2. The Bertz CT molecular complexity index is 2500. The molecule has 0 atom stereocenters. The fourth-order valence-electron chi connectivity index (χ4n) is 6.65. The molecule has 0 amide bonds. The molecule has 0 aliphatic carbocycles. The number of furan rings is 1. The smallest absolute Gasteiger partial charge is 0.140 e. The van der Waals surface area contributed by atoms with Crippen molar-refractivity contribution in [1.82, 2.24) is 0 Å². The Balaban J connectivity index is 1.24. The summed E-state index contributed by atoms with van der Waals surface area (Å²) in [4.78, 5) is 4.31. The monoisotopic (exact) mass is 626 g/mol. The van der Waals surface area contributed by atoms with Crippen molar-refractivity contribution in [2.45, 2.75) is 0 Å². The van der Waals surface area contributed by atoms with Crippen molar-refractivity contribution in [3.8, 4) is 0 Å². The zero-order chi connectivity index (χ0) is 31.3. The van der Waals surface area contributed by atoms with Crippen LogP contribution >= 0.6 is 11.3 Å². The molecule has 0 saturated carbocycles. The highest BCUT2D eigenvalue weighted by molar-refractivity contribution is 7.26. The number of thiophene rings is 1. The number of halogens is 1. The van der Waals surface area contributed by atoms with Gasteiger partial charge >= 0.3 is 0 Å². The minimum absolute atomic E-state index is 0.331. The van der Waals surface area contributed by atoms with Gasteiger partial charge in [-0.25, -0.2) is 4.39 Å². The van der Waals surface area contributed by atoms with E-state index in [1.807, 2.05) is 78.9 Å². The molecule has 7 aromatic carbocycles. The Morgan fingerprint density at radius 1 is 0.426 bits per heavy atom. The van der Waals surface area contributed by atoms with Gasteiger partial charge in [-0.1, -0.05) is 78.9 Å². The standard InChI is InChI=1S/C42H27FN2OS/c43-35-26-32(45(30-17-8-3-9-18-30)36-20-12-22-40-42(36)33-19-10-11-21-39(33)47-40)27-38-41(35)34-25-31(23-24-37(34)46-38)44(28-13-4-1-5-14-28)29-15-6-2-7-16-29/h1-27H. The molecule has 224 valence electrons. The fraction of sp³-hybridized carbons (Fsp3) is 0. The lowest BCUT2D eigenvalue weighted by Gasteiger charge is -2.26. The first-order valence-corrected chi connectivity index (χ1v) is 16.4. The normalized spacial score (nSPS) is 11.5. The molecule has 9 aromatic rings. The number of hydrogen-bond donors (Lipinski definition) is 0. The van der Waals surface area contributed by atoms with E-state index in [2.05, 4.69) is 88.7 Å². The highest BCUT2D eigenvalue weighted by Crippen LogP contribution is 2.46. The minimum atomic E-state index is -0.331. The van der Waals surface area contributed by atoms with Crippen molar-refractivity contribution < 1.29 is 8.81 Å². The summed E-state index contributed by atoms with van der Waals surface area (Å²) < 4.78 is 25.4. The van der Waals surface area contributed by atoms with E-state index in [4.69, 9.17) is 4.42 Å². The number of anilines is 6. The maximum Gasteiger partial charge on any atom is 0.140 e. The summed E-state index contributed by atoms with van der Waals surface area (Å²) in [6, 6.07) is 54.9. The average Bonchev–Trinajstić information content (AvgIpc) is 3.69. The molecule has 0 fully saturated rings. The molecule has 2 heterocycles. The molecule has 47 heavy (non-hydrogen) atoms. The largest absolute Gasteiger partial charge is 0.456 e. The van der Waals surface area contributed by atoms with Crippen LogP contribution in [0.3, 0.4) is 0 Å². The molecule has 0 aliphatic heterocycles. The fourth-order valence-corrected chi connectivity index (χ4v) is 7.77. The van der Waals surface area contributed by atoms with Gasteiger partial charge in [0.25, 0.3) is 0 Å². The van der Waals surface area contributed by atoms with Gasteiger partial charge in [-0.15, -0.1) is 11.3 Å². The average molecular weight is 627 g/mol. The number of nitrogens with zero attached hydrogens (tertiary/aromatic N) is 2. The molecule has 2 aromatic heterocycles. The van der Waals surface area contributed by atoms with Crippen LogP contribution in [0.15, 0.2) is 168 Å². The number of rotatable bonds is 6. The second kappa shape index (κ2) is 11.2. The van der Waals surface area contributed by atoms with Gasteiger partial charge in [0.1, 0.15) is 17.0 Å². The Hall–Kier alpha value is -5.91. The van der Waals surface area contributed by atoms with E-state index in [0.29, 0.717) is 22.2 Å². The number of fused-ring (bicyclic) bond motifs is 6. The van der Waals surface area contributed by atoms with Crippen LogP contribution in [-0.4, -0.2) is 0 Å². The van der Waals surface area contributed by atoms with Gasteiger partial charge in [0.05, 0.1) is 16.8 Å². The van der Waals surface area contributed by atoms with Gasteiger partial charge in [-0.2, -0.15) is 0 Å². The molecule has 3 nitrogen and oxygen atoms in total. The van der Waals surface area contributed by atoms with Crippen LogP contribution in [0, 0.1) is 5.82 Å². The summed E-state index contributed by atoms with van der Waals surface area (Å²) in [6.45, 7) is 0. The van der Waals surface area contributed by atoms with Crippen LogP contribution < -0.4 is 9.80 Å². The van der Waals surface area contributed by atoms with E-state index in [1.54, 1.807) is 17.4 Å². The third-order valence-corrected chi connectivity index (χ3v) is 9.81. The van der Waals surface area contributed by atoms with Gasteiger partial charge in [0, 0.05) is 54.4 Å². The Morgan fingerprint density at radius 3 is 1.74 bits per heavy atom. The van der Waals surface area contributed by atoms with Crippen molar-refractivity contribution in [1.29, 1.82) is 0 Å². The summed E-state index contributed by atoms with van der Waals surface area (Å²) in [5.41, 5.74) is 6.71. The lowest BCUT2D eigenvalue weighted by Crippen LogP contribution is -2.10. The van der Waals surface area contributed by atoms with Crippen LogP contribution in [0.2, 0.25) is 0 Å². The zero-order valence-electron chi connectivity index (χ0n) is 25.2. The highest BCUT2D eigenvalue weighted by atomic mass is 32.1. The Morgan fingerprint density at radius 2 is 1.04 bits per heavy atom.